The second kappa shape index (κ2) is 10.1. The van der Waals surface area contributed by atoms with Gasteiger partial charge in [0, 0.05) is 6.61 Å². The van der Waals surface area contributed by atoms with Gasteiger partial charge in [0.05, 0.1) is 12.4 Å². The lowest BCUT2D eigenvalue weighted by Gasteiger charge is -2.03. The van der Waals surface area contributed by atoms with Gasteiger partial charge in [0.25, 0.3) is 10.1 Å². The van der Waals surface area contributed by atoms with E-state index in [1.807, 2.05) is 0 Å². The molecule has 0 bridgehead atoms. The first kappa shape index (κ1) is 15.9. The molecule has 0 spiro atoms. The number of rotatable bonds is 11. The monoisotopic (exact) mass is 252 g/mol. The normalized spacial score (nSPS) is 11.9. The van der Waals surface area contributed by atoms with E-state index in [0.29, 0.717) is 6.61 Å². The lowest BCUT2D eigenvalue weighted by Crippen LogP contribution is -2.11. The highest BCUT2D eigenvalue weighted by Gasteiger charge is 2.02. The van der Waals surface area contributed by atoms with E-state index < -0.39 is 10.1 Å². The zero-order valence-corrected chi connectivity index (χ0v) is 11.0. The molecule has 16 heavy (non-hydrogen) atoms. The van der Waals surface area contributed by atoms with Crippen LogP contribution in [0.15, 0.2) is 0 Å². The number of hydrogen-bond donors (Lipinski definition) is 1. The van der Waals surface area contributed by atoms with E-state index in [2.05, 4.69) is 6.92 Å². The van der Waals surface area contributed by atoms with Gasteiger partial charge < -0.3 is 4.74 Å². The quantitative estimate of drug-likeness (QED) is 0.453. The molecule has 0 aromatic heterocycles. The predicted octanol–water partition coefficient (Wildman–Crippen LogP) is 2.64. The van der Waals surface area contributed by atoms with Crippen LogP contribution in [-0.2, 0) is 14.9 Å². The third-order valence-corrected chi connectivity index (χ3v) is 3.06. The Bertz CT molecular complexity index is 236. The summed E-state index contributed by atoms with van der Waals surface area (Å²) < 4.78 is 34.2. The maximum atomic E-state index is 10.3. The van der Waals surface area contributed by atoms with Crippen molar-refractivity contribution in [3.63, 3.8) is 0 Å². The summed E-state index contributed by atoms with van der Waals surface area (Å²) in [7, 11) is -3.86. The summed E-state index contributed by atoms with van der Waals surface area (Å²) in [6.45, 7) is 2.88. The van der Waals surface area contributed by atoms with E-state index in [9.17, 15) is 8.42 Å². The molecule has 0 saturated heterocycles. The van der Waals surface area contributed by atoms with Gasteiger partial charge in [0.15, 0.2) is 0 Å². The molecule has 1 N–H and O–H groups in total. The molecule has 0 atom stereocenters. The van der Waals surface area contributed by atoms with Gasteiger partial charge >= 0.3 is 0 Å². The van der Waals surface area contributed by atoms with Crippen LogP contribution in [0.2, 0.25) is 0 Å². The highest BCUT2D eigenvalue weighted by molar-refractivity contribution is 7.85. The van der Waals surface area contributed by atoms with Crippen molar-refractivity contribution in [1.82, 2.24) is 0 Å². The minimum absolute atomic E-state index is 0.0919. The molecule has 0 saturated carbocycles. The minimum atomic E-state index is -3.86. The van der Waals surface area contributed by atoms with Crippen molar-refractivity contribution in [1.29, 1.82) is 0 Å². The van der Waals surface area contributed by atoms with Crippen LogP contribution in [-0.4, -0.2) is 31.9 Å². The molecular formula is C11H24O4S. The van der Waals surface area contributed by atoms with Gasteiger partial charge in [0.1, 0.15) is 0 Å². The first-order chi connectivity index (χ1) is 7.56. The standard InChI is InChI=1S/C11H24O4S/c1-2-3-4-5-6-7-8-9-15-10-11-16(12,13)14/h2-11H2,1H3,(H,12,13,14). The first-order valence-electron chi connectivity index (χ1n) is 6.09. The van der Waals surface area contributed by atoms with Gasteiger partial charge in [-0.15, -0.1) is 0 Å². The second-order valence-corrected chi connectivity index (χ2v) is 5.59. The topological polar surface area (TPSA) is 63.6 Å². The molecule has 4 nitrogen and oxygen atoms in total. The van der Waals surface area contributed by atoms with Crippen molar-refractivity contribution < 1.29 is 17.7 Å². The van der Waals surface area contributed by atoms with Gasteiger partial charge in [-0.25, -0.2) is 0 Å². The molecule has 5 heteroatoms. The highest BCUT2D eigenvalue weighted by atomic mass is 32.2. The molecule has 0 heterocycles. The van der Waals surface area contributed by atoms with Crippen LogP contribution < -0.4 is 0 Å². The average molecular weight is 252 g/mol. The second-order valence-electron chi connectivity index (χ2n) is 4.02. The summed E-state index contributed by atoms with van der Waals surface area (Å²) in [5.74, 6) is -0.302. The van der Waals surface area contributed by atoms with E-state index in [1.54, 1.807) is 0 Å². The summed E-state index contributed by atoms with van der Waals surface area (Å²) in [6, 6.07) is 0. The molecule has 98 valence electrons. The van der Waals surface area contributed by atoms with Crippen LogP contribution in [0.1, 0.15) is 51.9 Å². The summed E-state index contributed by atoms with van der Waals surface area (Å²) in [6.07, 6.45) is 8.48. The highest BCUT2D eigenvalue weighted by Crippen LogP contribution is 2.06. The molecular weight excluding hydrogens is 228 g/mol. The number of hydrogen-bond acceptors (Lipinski definition) is 3. The Balaban J connectivity index is 3.05. The summed E-state index contributed by atoms with van der Waals surface area (Å²) in [4.78, 5) is 0. The summed E-state index contributed by atoms with van der Waals surface area (Å²) in [5.41, 5.74) is 0. The molecule has 0 aliphatic rings. The molecule has 0 amide bonds. The molecule has 0 aromatic carbocycles. The molecule has 0 aliphatic heterocycles. The summed E-state index contributed by atoms with van der Waals surface area (Å²) >= 11 is 0. The lowest BCUT2D eigenvalue weighted by atomic mass is 10.1. The Hall–Kier alpha value is -0.130. The largest absolute Gasteiger partial charge is 0.380 e. The Morgan fingerprint density at radius 3 is 2.06 bits per heavy atom. The fraction of sp³-hybridized carbons (Fsp3) is 1.00. The van der Waals surface area contributed by atoms with Gasteiger partial charge in [0.2, 0.25) is 0 Å². The van der Waals surface area contributed by atoms with Crippen LogP contribution in [0.3, 0.4) is 0 Å². The Labute approximate surface area is 99.1 Å². The molecule has 0 unspecified atom stereocenters. The van der Waals surface area contributed by atoms with Gasteiger partial charge in [-0.1, -0.05) is 45.4 Å². The van der Waals surface area contributed by atoms with Crippen molar-refractivity contribution >= 4 is 10.1 Å². The molecule has 0 fully saturated rings. The number of ether oxygens (including phenoxy) is 1. The zero-order chi connectivity index (χ0) is 12.3. The maximum Gasteiger partial charge on any atom is 0.267 e. The van der Waals surface area contributed by atoms with E-state index >= 15 is 0 Å². The van der Waals surface area contributed by atoms with Crippen LogP contribution in [0.4, 0.5) is 0 Å². The van der Waals surface area contributed by atoms with E-state index in [0.717, 1.165) is 12.8 Å². The third kappa shape index (κ3) is 13.9. The molecule has 0 rings (SSSR count). The van der Waals surface area contributed by atoms with Crippen LogP contribution in [0.25, 0.3) is 0 Å². The van der Waals surface area contributed by atoms with Gasteiger partial charge in [-0.3, -0.25) is 4.55 Å². The fourth-order valence-electron chi connectivity index (χ4n) is 1.43. The Morgan fingerprint density at radius 1 is 0.938 bits per heavy atom. The fourth-order valence-corrected chi connectivity index (χ4v) is 1.76. The van der Waals surface area contributed by atoms with E-state index in [1.165, 1.54) is 32.1 Å². The zero-order valence-electron chi connectivity index (χ0n) is 10.2. The number of unbranched alkanes of at least 4 members (excludes halogenated alkanes) is 6. The maximum absolute atomic E-state index is 10.3. The first-order valence-corrected chi connectivity index (χ1v) is 7.70. The van der Waals surface area contributed by atoms with Crippen molar-refractivity contribution in [3.05, 3.63) is 0 Å². The van der Waals surface area contributed by atoms with Crippen LogP contribution in [0, 0.1) is 0 Å². The predicted molar refractivity (Wildman–Crippen MR) is 65.2 cm³/mol. The van der Waals surface area contributed by atoms with E-state index in [-0.39, 0.29) is 12.4 Å². The van der Waals surface area contributed by atoms with Crippen molar-refractivity contribution in [2.75, 3.05) is 19.0 Å². The minimum Gasteiger partial charge on any atom is -0.380 e. The van der Waals surface area contributed by atoms with E-state index in [4.69, 9.17) is 9.29 Å². The van der Waals surface area contributed by atoms with Gasteiger partial charge in [-0.05, 0) is 6.42 Å². The van der Waals surface area contributed by atoms with Gasteiger partial charge in [-0.2, -0.15) is 8.42 Å². The molecule has 0 aromatic rings. The van der Waals surface area contributed by atoms with Crippen LogP contribution in [0.5, 0.6) is 0 Å². The molecule has 0 radical (unpaired) electrons. The smallest absolute Gasteiger partial charge is 0.267 e. The lowest BCUT2D eigenvalue weighted by molar-refractivity contribution is 0.143. The van der Waals surface area contributed by atoms with Crippen LogP contribution >= 0.6 is 0 Å². The third-order valence-electron chi connectivity index (χ3n) is 2.38. The SMILES string of the molecule is CCCCCCCCCOCCS(=O)(=O)O. The Kier molecular flexibility index (Phi) is 9.97. The molecule has 0 aliphatic carbocycles. The Morgan fingerprint density at radius 2 is 1.50 bits per heavy atom. The average Bonchev–Trinajstić information content (AvgIpc) is 2.19. The van der Waals surface area contributed by atoms with Crippen molar-refractivity contribution in [3.8, 4) is 0 Å². The van der Waals surface area contributed by atoms with Crippen molar-refractivity contribution in [2.45, 2.75) is 51.9 Å². The van der Waals surface area contributed by atoms with Crippen molar-refractivity contribution in [2.24, 2.45) is 0 Å². The summed E-state index contributed by atoms with van der Waals surface area (Å²) in [5, 5.41) is 0.